The molecule has 0 radical (unpaired) electrons. The molecule has 0 aliphatic heterocycles. The first-order valence-electron chi connectivity index (χ1n) is 4.23. The van der Waals surface area contributed by atoms with Crippen molar-refractivity contribution in [2.24, 2.45) is 0 Å². The van der Waals surface area contributed by atoms with Crippen molar-refractivity contribution in [2.75, 3.05) is 26.7 Å². The fourth-order valence-corrected chi connectivity index (χ4v) is 0.852. The maximum atomic E-state index is 11.0. The number of hydrogen-bond acceptors (Lipinski definition) is 3. The van der Waals surface area contributed by atoms with Gasteiger partial charge in [-0.25, -0.2) is 0 Å². The fraction of sp³-hybridized carbons (Fsp3) is 0.750. The summed E-state index contributed by atoms with van der Waals surface area (Å²) in [5, 5.41) is 11.1. The second kappa shape index (κ2) is 6.42. The van der Waals surface area contributed by atoms with Crippen molar-refractivity contribution < 1.29 is 14.7 Å². The van der Waals surface area contributed by atoms with Crippen LogP contribution in [0.15, 0.2) is 0 Å². The van der Waals surface area contributed by atoms with Gasteiger partial charge in [-0.05, 0) is 13.5 Å². The molecule has 13 heavy (non-hydrogen) atoms. The van der Waals surface area contributed by atoms with Crippen LogP contribution in [-0.2, 0) is 9.59 Å². The number of carbonyl (C=O) groups is 2. The Labute approximate surface area is 77.7 Å². The summed E-state index contributed by atoms with van der Waals surface area (Å²) in [4.78, 5) is 22.7. The smallest absolute Gasteiger partial charge is 0.317 e. The molecule has 0 rings (SSSR count). The van der Waals surface area contributed by atoms with E-state index < -0.39 is 5.97 Å². The maximum Gasteiger partial charge on any atom is 0.317 e. The van der Waals surface area contributed by atoms with Gasteiger partial charge in [-0.3, -0.25) is 14.5 Å². The molecule has 0 fully saturated rings. The minimum absolute atomic E-state index is 0.112. The Hall–Kier alpha value is -1.10. The van der Waals surface area contributed by atoms with E-state index in [0.29, 0.717) is 6.54 Å². The number of carboxylic acid groups (broad SMARTS) is 1. The Morgan fingerprint density at radius 3 is 2.46 bits per heavy atom. The molecular weight excluding hydrogens is 172 g/mol. The lowest BCUT2D eigenvalue weighted by Crippen LogP contribution is -2.37. The molecule has 0 saturated carbocycles. The fourth-order valence-electron chi connectivity index (χ4n) is 0.852. The number of carbonyl (C=O) groups excluding carboxylic acids is 1. The number of amides is 1. The van der Waals surface area contributed by atoms with E-state index in [1.54, 1.807) is 7.05 Å². The molecule has 0 aromatic rings. The normalized spacial score (nSPS) is 10.1. The molecule has 1 amide bonds. The van der Waals surface area contributed by atoms with Crippen LogP contribution in [0.5, 0.6) is 0 Å². The number of carboxylic acids is 1. The lowest BCUT2D eigenvalue weighted by Gasteiger charge is -2.12. The van der Waals surface area contributed by atoms with E-state index in [1.165, 1.54) is 4.90 Å². The second-order valence-corrected chi connectivity index (χ2v) is 2.92. The van der Waals surface area contributed by atoms with Crippen molar-refractivity contribution >= 4 is 11.9 Å². The Balaban J connectivity index is 3.59. The second-order valence-electron chi connectivity index (χ2n) is 2.92. The van der Waals surface area contributed by atoms with Crippen molar-refractivity contribution in [2.45, 2.75) is 13.3 Å². The third kappa shape index (κ3) is 7.27. The van der Waals surface area contributed by atoms with Gasteiger partial charge in [0.25, 0.3) is 0 Å². The van der Waals surface area contributed by atoms with E-state index in [1.807, 2.05) is 6.92 Å². The van der Waals surface area contributed by atoms with Crippen molar-refractivity contribution in [3.05, 3.63) is 0 Å². The summed E-state index contributed by atoms with van der Waals surface area (Å²) in [6.45, 7) is 2.62. The van der Waals surface area contributed by atoms with Gasteiger partial charge in [0.2, 0.25) is 5.91 Å². The van der Waals surface area contributed by atoms with E-state index in [2.05, 4.69) is 5.32 Å². The molecule has 76 valence electrons. The molecule has 5 heteroatoms. The predicted molar refractivity (Wildman–Crippen MR) is 48.4 cm³/mol. The minimum Gasteiger partial charge on any atom is -0.480 e. The summed E-state index contributed by atoms with van der Waals surface area (Å²) < 4.78 is 0. The van der Waals surface area contributed by atoms with Gasteiger partial charge in [0.1, 0.15) is 0 Å². The number of nitrogens with one attached hydrogen (secondary N) is 1. The Bertz CT molecular complexity index is 182. The monoisotopic (exact) mass is 188 g/mol. The predicted octanol–water partition coefficient (Wildman–Crippen LogP) is -0.471. The summed E-state index contributed by atoms with van der Waals surface area (Å²) in [7, 11) is 1.60. The van der Waals surface area contributed by atoms with Crippen LogP contribution >= 0.6 is 0 Å². The molecule has 0 unspecified atom stereocenters. The zero-order chi connectivity index (χ0) is 10.3. The minimum atomic E-state index is -0.925. The lowest BCUT2D eigenvalue weighted by molar-refractivity contribution is -0.138. The highest BCUT2D eigenvalue weighted by Gasteiger charge is 2.08. The third-order valence-corrected chi connectivity index (χ3v) is 1.39. The van der Waals surface area contributed by atoms with Gasteiger partial charge in [-0.1, -0.05) is 6.92 Å². The number of nitrogens with zero attached hydrogens (tertiary/aromatic N) is 1. The lowest BCUT2D eigenvalue weighted by atomic mass is 10.4. The topological polar surface area (TPSA) is 69.6 Å². The highest BCUT2D eigenvalue weighted by molar-refractivity contribution is 5.78. The molecule has 0 bridgehead atoms. The molecule has 2 N–H and O–H groups in total. The van der Waals surface area contributed by atoms with Gasteiger partial charge >= 0.3 is 5.97 Å². The van der Waals surface area contributed by atoms with Gasteiger partial charge in [0.15, 0.2) is 0 Å². The molecule has 0 saturated heterocycles. The van der Waals surface area contributed by atoms with Crippen LogP contribution in [0.25, 0.3) is 0 Å². The van der Waals surface area contributed by atoms with E-state index >= 15 is 0 Å². The number of aliphatic carboxylic acids is 1. The van der Waals surface area contributed by atoms with Gasteiger partial charge in [-0.15, -0.1) is 0 Å². The molecule has 5 nitrogen and oxygen atoms in total. The largest absolute Gasteiger partial charge is 0.480 e. The Morgan fingerprint density at radius 1 is 1.38 bits per heavy atom. The molecule has 0 aromatic heterocycles. The van der Waals surface area contributed by atoms with Crippen LogP contribution in [0.2, 0.25) is 0 Å². The molecule has 0 spiro atoms. The molecule has 0 heterocycles. The van der Waals surface area contributed by atoms with Crippen LogP contribution in [0, 0.1) is 0 Å². The van der Waals surface area contributed by atoms with Crippen molar-refractivity contribution in [3.8, 4) is 0 Å². The van der Waals surface area contributed by atoms with Gasteiger partial charge in [0, 0.05) is 6.54 Å². The zero-order valence-electron chi connectivity index (χ0n) is 8.04. The van der Waals surface area contributed by atoms with Crippen LogP contribution in [0.4, 0.5) is 0 Å². The molecule has 0 aliphatic carbocycles. The summed E-state index contributed by atoms with van der Waals surface area (Å²) >= 11 is 0. The molecule has 0 atom stereocenters. The van der Waals surface area contributed by atoms with Crippen molar-refractivity contribution in [3.63, 3.8) is 0 Å². The number of likely N-dealkylation sites (N-methyl/N-ethyl adjacent to an activating group) is 1. The highest BCUT2D eigenvalue weighted by atomic mass is 16.4. The summed E-state index contributed by atoms with van der Waals surface area (Å²) in [5.41, 5.74) is 0. The summed E-state index contributed by atoms with van der Waals surface area (Å²) in [6, 6.07) is 0. The average molecular weight is 188 g/mol. The first kappa shape index (κ1) is 11.9. The SMILES string of the molecule is CCCNC(=O)CN(C)CC(=O)O. The van der Waals surface area contributed by atoms with E-state index in [4.69, 9.17) is 5.11 Å². The van der Waals surface area contributed by atoms with Crippen LogP contribution in [-0.4, -0.2) is 48.6 Å². The van der Waals surface area contributed by atoms with Gasteiger partial charge in [0.05, 0.1) is 13.1 Å². The van der Waals surface area contributed by atoms with Crippen LogP contribution < -0.4 is 5.32 Å². The zero-order valence-corrected chi connectivity index (χ0v) is 8.04. The molecule has 0 aromatic carbocycles. The van der Waals surface area contributed by atoms with Crippen molar-refractivity contribution in [1.82, 2.24) is 10.2 Å². The van der Waals surface area contributed by atoms with Gasteiger partial charge in [-0.2, -0.15) is 0 Å². The Morgan fingerprint density at radius 2 is 2.00 bits per heavy atom. The maximum absolute atomic E-state index is 11.0. The van der Waals surface area contributed by atoms with E-state index in [9.17, 15) is 9.59 Å². The standard InChI is InChI=1S/C8H16N2O3/c1-3-4-9-7(11)5-10(2)6-8(12)13/h3-6H2,1-2H3,(H,9,11)(H,12,13). The first-order chi connectivity index (χ1) is 6.06. The molecule has 0 aliphatic rings. The number of hydrogen-bond donors (Lipinski definition) is 2. The van der Waals surface area contributed by atoms with Crippen LogP contribution in [0.3, 0.4) is 0 Å². The van der Waals surface area contributed by atoms with Crippen molar-refractivity contribution in [1.29, 1.82) is 0 Å². The molecular formula is C8H16N2O3. The van der Waals surface area contributed by atoms with E-state index in [-0.39, 0.29) is 19.0 Å². The quantitative estimate of drug-likeness (QED) is 0.591. The van der Waals surface area contributed by atoms with E-state index in [0.717, 1.165) is 6.42 Å². The first-order valence-corrected chi connectivity index (χ1v) is 4.23. The van der Waals surface area contributed by atoms with Crippen LogP contribution in [0.1, 0.15) is 13.3 Å². The number of rotatable bonds is 6. The summed E-state index contributed by atoms with van der Waals surface area (Å²) in [5.74, 6) is -1.06. The third-order valence-electron chi connectivity index (χ3n) is 1.39. The summed E-state index contributed by atoms with van der Waals surface area (Å²) in [6.07, 6.45) is 0.883. The van der Waals surface area contributed by atoms with Gasteiger partial charge < -0.3 is 10.4 Å². The Kier molecular flexibility index (Phi) is 5.88. The average Bonchev–Trinajstić information content (AvgIpc) is 1.98. The highest BCUT2D eigenvalue weighted by Crippen LogP contribution is 1.82.